The van der Waals surface area contributed by atoms with Crippen LogP contribution in [-0.4, -0.2) is 60.1 Å². The molecule has 2 N–H and O–H groups in total. The van der Waals surface area contributed by atoms with Crippen molar-refractivity contribution in [2.45, 2.75) is 37.6 Å². The van der Waals surface area contributed by atoms with Gasteiger partial charge in [0, 0.05) is 31.8 Å². The van der Waals surface area contributed by atoms with Crippen molar-refractivity contribution in [2.75, 3.05) is 19.7 Å². The maximum absolute atomic E-state index is 13.2. The van der Waals surface area contributed by atoms with Crippen molar-refractivity contribution in [1.29, 1.82) is 0 Å². The third-order valence-electron chi connectivity index (χ3n) is 6.41. The largest absolute Gasteiger partial charge is 0.481 e. The number of ether oxygens (including phenoxy) is 1. The molecule has 1 aliphatic heterocycles. The van der Waals surface area contributed by atoms with E-state index in [4.69, 9.17) is 9.84 Å². The molecule has 34 heavy (non-hydrogen) atoms. The van der Waals surface area contributed by atoms with E-state index in [1.165, 1.54) is 4.90 Å². The first-order chi connectivity index (χ1) is 16.3. The summed E-state index contributed by atoms with van der Waals surface area (Å²) in [6.45, 7) is 0.431. The van der Waals surface area contributed by atoms with Crippen LogP contribution in [0, 0.1) is 5.92 Å². The van der Waals surface area contributed by atoms with Crippen LogP contribution in [0.1, 0.15) is 36.3 Å². The highest BCUT2D eigenvalue weighted by molar-refractivity contribution is 5.86. The van der Waals surface area contributed by atoms with Gasteiger partial charge in [-0.1, -0.05) is 48.5 Å². The number of hydrogen-bond donors (Lipinski definition) is 2. The Morgan fingerprint density at radius 2 is 1.68 bits per heavy atom. The Bertz CT molecular complexity index is 1030. The number of nitrogens with one attached hydrogen (secondary N) is 1. The first-order valence-electron chi connectivity index (χ1n) is 11.2. The van der Waals surface area contributed by atoms with Crippen molar-refractivity contribution in [3.63, 3.8) is 0 Å². The molecule has 0 saturated carbocycles. The van der Waals surface area contributed by atoms with Gasteiger partial charge in [0.1, 0.15) is 12.6 Å². The predicted molar refractivity (Wildman–Crippen MR) is 120 cm³/mol. The van der Waals surface area contributed by atoms with Crippen LogP contribution in [0.25, 0.3) is 11.1 Å². The minimum absolute atomic E-state index is 0.000150. The maximum atomic E-state index is 13.2. The van der Waals surface area contributed by atoms with Crippen LogP contribution in [0.5, 0.6) is 0 Å². The molecule has 180 valence electrons. The molecule has 1 saturated heterocycles. The van der Waals surface area contributed by atoms with Crippen LogP contribution in [-0.2, 0) is 14.3 Å². The van der Waals surface area contributed by atoms with Crippen molar-refractivity contribution in [3.8, 4) is 11.1 Å². The fourth-order valence-electron chi connectivity index (χ4n) is 4.85. The highest BCUT2D eigenvalue weighted by atomic mass is 19.3. The van der Waals surface area contributed by atoms with Gasteiger partial charge in [0.2, 0.25) is 12.3 Å². The van der Waals surface area contributed by atoms with Crippen LogP contribution >= 0.6 is 0 Å². The third-order valence-corrected chi connectivity index (χ3v) is 6.41. The lowest BCUT2D eigenvalue weighted by molar-refractivity contribution is -0.138. The number of alkyl halides is 2. The molecule has 0 aromatic heterocycles. The number of benzene rings is 2. The van der Waals surface area contributed by atoms with Crippen molar-refractivity contribution >= 4 is 18.0 Å². The normalized spacial score (nSPS) is 17.9. The second-order valence-electron chi connectivity index (χ2n) is 8.69. The second-order valence-corrected chi connectivity index (χ2v) is 8.69. The number of nitrogens with zero attached hydrogens (tertiary/aromatic N) is 1. The Labute approximate surface area is 195 Å². The Balaban J connectivity index is 1.39. The van der Waals surface area contributed by atoms with Gasteiger partial charge >= 0.3 is 12.1 Å². The Morgan fingerprint density at radius 1 is 1.06 bits per heavy atom. The molecule has 2 atom stereocenters. The molecule has 1 aliphatic carbocycles. The van der Waals surface area contributed by atoms with Crippen molar-refractivity contribution in [3.05, 3.63) is 59.7 Å². The van der Waals surface area contributed by atoms with Gasteiger partial charge < -0.3 is 20.1 Å². The summed E-state index contributed by atoms with van der Waals surface area (Å²) in [6, 6.07) is 14.2. The second kappa shape index (κ2) is 10.2. The number of alkyl carbamates (subject to hydrolysis) is 1. The van der Waals surface area contributed by atoms with E-state index in [-0.39, 0.29) is 38.0 Å². The van der Waals surface area contributed by atoms with Crippen molar-refractivity contribution in [1.82, 2.24) is 10.2 Å². The van der Waals surface area contributed by atoms with Crippen molar-refractivity contribution in [2.24, 2.45) is 5.92 Å². The molecule has 0 spiro atoms. The van der Waals surface area contributed by atoms with Crippen LogP contribution in [0.4, 0.5) is 13.6 Å². The fourth-order valence-corrected chi connectivity index (χ4v) is 4.85. The monoisotopic (exact) mass is 472 g/mol. The minimum Gasteiger partial charge on any atom is -0.481 e. The van der Waals surface area contributed by atoms with E-state index in [0.717, 1.165) is 22.3 Å². The van der Waals surface area contributed by atoms with Gasteiger partial charge in [-0.3, -0.25) is 9.59 Å². The Kier molecular flexibility index (Phi) is 7.09. The summed E-state index contributed by atoms with van der Waals surface area (Å²) in [5.74, 6) is -2.05. The number of fused-ring (bicyclic) bond motifs is 3. The average molecular weight is 472 g/mol. The first kappa shape index (κ1) is 23.7. The van der Waals surface area contributed by atoms with E-state index >= 15 is 0 Å². The van der Waals surface area contributed by atoms with Gasteiger partial charge in [-0.05, 0) is 34.6 Å². The number of likely N-dealkylation sites (tertiary alicyclic amines) is 1. The first-order valence-corrected chi connectivity index (χ1v) is 11.2. The SMILES string of the molecule is O=C(O)CC1CCN(C(=O)C(CC(F)F)NC(=O)OCC2c3ccccc3-c3ccccc32)C1. The number of aliphatic carboxylic acids is 1. The number of hydrogen-bond acceptors (Lipinski definition) is 4. The molecule has 1 heterocycles. The highest BCUT2D eigenvalue weighted by Gasteiger charge is 2.35. The molecule has 0 radical (unpaired) electrons. The van der Waals surface area contributed by atoms with Crippen LogP contribution in [0.3, 0.4) is 0 Å². The summed E-state index contributed by atoms with van der Waals surface area (Å²) >= 11 is 0. The quantitative estimate of drug-likeness (QED) is 0.608. The number of amides is 2. The predicted octanol–water partition coefficient (Wildman–Crippen LogP) is 3.87. The Hall–Kier alpha value is -3.49. The number of carboxylic acid groups (broad SMARTS) is 1. The molecule has 0 bridgehead atoms. The topological polar surface area (TPSA) is 95.9 Å². The third kappa shape index (κ3) is 5.18. The lowest BCUT2D eigenvalue weighted by Crippen LogP contribution is -2.49. The van der Waals surface area contributed by atoms with E-state index in [9.17, 15) is 23.2 Å². The summed E-state index contributed by atoms with van der Waals surface area (Å²) in [5, 5.41) is 11.2. The Morgan fingerprint density at radius 3 is 2.26 bits per heavy atom. The number of carboxylic acids is 1. The van der Waals surface area contributed by atoms with E-state index in [0.29, 0.717) is 6.42 Å². The van der Waals surface area contributed by atoms with Gasteiger partial charge in [0.05, 0.1) is 0 Å². The van der Waals surface area contributed by atoms with E-state index < -0.39 is 36.9 Å². The molecule has 2 aromatic rings. The molecule has 9 heteroatoms. The summed E-state index contributed by atoms with van der Waals surface area (Å²) in [4.78, 5) is 37.6. The minimum atomic E-state index is -2.81. The number of carbonyl (C=O) groups excluding carboxylic acids is 2. The summed E-state index contributed by atoms with van der Waals surface area (Å²) in [7, 11) is 0. The molecule has 4 rings (SSSR count). The molecular formula is C25H26F2N2O5. The molecular weight excluding hydrogens is 446 g/mol. The molecule has 2 amide bonds. The summed E-state index contributed by atoms with van der Waals surface area (Å²) in [6.07, 6.45) is -4.21. The zero-order valence-corrected chi connectivity index (χ0v) is 18.5. The standard InChI is InChI=1S/C25H26F2N2O5/c26-22(27)12-21(24(32)29-10-9-15(13-29)11-23(30)31)28-25(33)34-14-20-18-7-3-1-5-16(18)17-6-2-4-8-19(17)20/h1-8,15,20-22H,9-14H2,(H,28,33)(H,30,31). The van der Waals surface area contributed by atoms with Gasteiger partial charge in [-0.2, -0.15) is 0 Å². The van der Waals surface area contributed by atoms with Gasteiger partial charge in [0.25, 0.3) is 0 Å². The van der Waals surface area contributed by atoms with Crippen molar-refractivity contribution < 1.29 is 33.0 Å². The van der Waals surface area contributed by atoms with E-state index in [2.05, 4.69) is 5.32 Å². The van der Waals surface area contributed by atoms with Crippen LogP contribution < -0.4 is 5.32 Å². The maximum Gasteiger partial charge on any atom is 0.407 e. The molecule has 2 unspecified atom stereocenters. The van der Waals surface area contributed by atoms with Crippen LogP contribution in [0.15, 0.2) is 48.5 Å². The average Bonchev–Trinajstić information content (AvgIpc) is 3.38. The summed E-state index contributed by atoms with van der Waals surface area (Å²) in [5.41, 5.74) is 4.14. The van der Waals surface area contributed by atoms with Crippen LogP contribution in [0.2, 0.25) is 0 Å². The summed E-state index contributed by atoms with van der Waals surface area (Å²) < 4.78 is 31.7. The number of halogens is 2. The lowest BCUT2D eigenvalue weighted by atomic mass is 9.98. The van der Waals surface area contributed by atoms with E-state index in [1.807, 2.05) is 48.5 Å². The smallest absolute Gasteiger partial charge is 0.407 e. The fraction of sp³-hybridized carbons (Fsp3) is 0.400. The molecule has 2 aliphatic rings. The molecule has 1 fully saturated rings. The number of carbonyl (C=O) groups is 3. The van der Waals surface area contributed by atoms with Gasteiger partial charge in [-0.15, -0.1) is 0 Å². The molecule has 2 aromatic carbocycles. The number of rotatable bonds is 8. The molecule has 7 nitrogen and oxygen atoms in total. The lowest BCUT2D eigenvalue weighted by Gasteiger charge is -2.24. The van der Waals surface area contributed by atoms with E-state index in [1.54, 1.807) is 0 Å². The highest BCUT2D eigenvalue weighted by Crippen LogP contribution is 2.44. The zero-order chi connectivity index (χ0) is 24.2. The zero-order valence-electron chi connectivity index (χ0n) is 18.5. The van der Waals surface area contributed by atoms with Gasteiger partial charge in [0.15, 0.2) is 0 Å². The van der Waals surface area contributed by atoms with Gasteiger partial charge in [-0.25, -0.2) is 13.6 Å².